The van der Waals surface area contributed by atoms with E-state index >= 15 is 0 Å². The summed E-state index contributed by atoms with van der Waals surface area (Å²) in [5.74, 6) is 0.391. The maximum Gasteiger partial charge on any atom is 0.243 e. The zero-order chi connectivity index (χ0) is 21.1. The Morgan fingerprint density at radius 3 is 2.73 bits per heavy atom. The highest BCUT2D eigenvalue weighted by Crippen LogP contribution is 2.27. The first kappa shape index (κ1) is 19.5. The van der Waals surface area contributed by atoms with Crippen molar-refractivity contribution in [2.24, 2.45) is 0 Å². The molecule has 2 heterocycles. The minimum absolute atomic E-state index is 0.0153. The summed E-state index contributed by atoms with van der Waals surface area (Å²) in [7, 11) is 0. The van der Waals surface area contributed by atoms with Gasteiger partial charge in [0.1, 0.15) is 6.04 Å². The minimum atomic E-state index is -0.414. The van der Waals surface area contributed by atoms with E-state index in [9.17, 15) is 9.59 Å². The van der Waals surface area contributed by atoms with Gasteiger partial charge in [-0.2, -0.15) is 5.21 Å². The quantitative estimate of drug-likeness (QED) is 0.462. The first-order valence-corrected chi connectivity index (χ1v) is 9.79. The largest absolute Gasteiger partial charge is 0.350 e. The molecule has 8 heteroatoms. The monoisotopic (exact) mass is 402 g/mol. The number of nitrogens with zero attached hydrogens (tertiary/aromatic N) is 4. The highest BCUT2D eigenvalue weighted by molar-refractivity contribution is 6.07. The Kier molecular flexibility index (Phi) is 5.38. The van der Waals surface area contributed by atoms with E-state index in [1.54, 1.807) is 13.1 Å². The number of tetrazole rings is 1. The third kappa shape index (κ3) is 3.71. The van der Waals surface area contributed by atoms with Crippen LogP contribution in [-0.2, 0) is 11.3 Å². The van der Waals surface area contributed by atoms with Gasteiger partial charge in [-0.1, -0.05) is 43.3 Å². The van der Waals surface area contributed by atoms with E-state index in [4.69, 9.17) is 0 Å². The SMILES string of the molecule is CC[C@@H](C(=O)NCc1cccc(-c2nn[nH]n2)c1)n1cc(C(C)=O)c2ccccc21. The number of ketones is 1. The van der Waals surface area contributed by atoms with Gasteiger partial charge in [0.2, 0.25) is 11.7 Å². The van der Waals surface area contributed by atoms with Crippen LogP contribution in [-0.4, -0.2) is 36.9 Å². The molecule has 2 aromatic carbocycles. The number of carbonyl (C=O) groups excluding carboxylic acids is 2. The van der Waals surface area contributed by atoms with Gasteiger partial charge in [0.15, 0.2) is 5.78 Å². The number of aromatic nitrogens is 5. The number of amides is 1. The van der Waals surface area contributed by atoms with Gasteiger partial charge in [-0.15, -0.1) is 10.2 Å². The maximum absolute atomic E-state index is 13.0. The summed E-state index contributed by atoms with van der Waals surface area (Å²) in [5, 5.41) is 17.9. The van der Waals surface area contributed by atoms with Crippen molar-refractivity contribution in [3.05, 3.63) is 65.9 Å². The zero-order valence-electron chi connectivity index (χ0n) is 16.8. The molecule has 0 unspecified atom stereocenters. The van der Waals surface area contributed by atoms with Crippen LogP contribution in [0.1, 0.15) is 42.2 Å². The number of hydrogen-bond acceptors (Lipinski definition) is 5. The number of para-hydroxylation sites is 1. The summed E-state index contributed by atoms with van der Waals surface area (Å²) >= 11 is 0. The van der Waals surface area contributed by atoms with Crippen LogP contribution in [0.3, 0.4) is 0 Å². The molecule has 0 saturated carbocycles. The molecule has 1 amide bonds. The second kappa shape index (κ2) is 8.28. The van der Waals surface area contributed by atoms with Gasteiger partial charge in [-0.25, -0.2) is 0 Å². The van der Waals surface area contributed by atoms with Crippen LogP contribution in [0.15, 0.2) is 54.7 Å². The van der Waals surface area contributed by atoms with Crippen molar-refractivity contribution in [1.82, 2.24) is 30.5 Å². The normalized spacial score (nSPS) is 12.1. The molecule has 0 bridgehead atoms. The number of rotatable bonds is 7. The van der Waals surface area contributed by atoms with Crippen LogP contribution in [0, 0.1) is 0 Å². The number of aromatic amines is 1. The van der Waals surface area contributed by atoms with Gasteiger partial charge in [-0.05, 0) is 36.3 Å². The number of benzene rings is 2. The molecule has 0 saturated heterocycles. The molecular formula is C22H22N6O2. The highest BCUT2D eigenvalue weighted by atomic mass is 16.2. The van der Waals surface area contributed by atoms with Crippen molar-refractivity contribution in [2.75, 3.05) is 0 Å². The molecule has 152 valence electrons. The van der Waals surface area contributed by atoms with Crippen molar-refractivity contribution in [3.63, 3.8) is 0 Å². The number of H-pyrrole nitrogens is 1. The number of nitrogens with one attached hydrogen (secondary N) is 2. The van der Waals surface area contributed by atoms with E-state index in [1.807, 2.05) is 60.0 Å². The minimum Gasteiger partial charge on any atom is -0.350 e. The lowest BCUT2D eigenvalue weighted by atomic mass is 10.1. The lowest BCUT2D eigenvalue weighted by Crippen LogP contribution is -2.31. The number of carbonyl (C=O) groups is 2. The van der Waals surface area contributed by atoms with E-state index in [-0.39, 0.29) is 11.7 Å². The number of fused-ring (bicyclic) bond motifs is 1. The van der Waals surface area contributed by atoms with Gasteiger partial charge in [0, 0.05) is 34.8 Å². The lowest BCUT2D eigenvalue weighted by Gasteiger charge is -2.18. The molecule has 2 N–H and O–H groups in total. The maximum atomic E-state index is 13.0. The van der Waals surface area contributed by atoms with E-state index in [2.05, 4.69) is 25.9 Å². The Morgan fingerprint density at radius 1 is 1.17 bits per heavy atom. The predicted molar refractivity (Wildman–Crippen MR) is 113 cm³/mol. The van der Waals surface area contributed by atoms with Crippen LogP contribution >= 0.6 is 0 Å². The molecule has 0 spiro atoms. The Hall–Kier alpha value is -3.81. The zero-order valence-corrected chi connectivity index (χ0v) is 16.8. The summed E-state index contributed by atoms with van der Waals surface area (Å²) in [4.78, 5) is 25.1. The van der Waals surface area contributed by atoms with Crippen molar-refractivity contribution in [1.29, 1.82) is 0 Å². The third-order valence-corrected chi connectivity index (χ3v) is 5.14. The Balaban J connectivity index is 1.55. The first-order chi connectivity index (χ1) is 14.6. The average molecular weight is 402 g/mol. The first-order valence-electron chi connectivity index (χ1n) is 9.79. The molecular weight excluding hydrogens is 380 g/mol. The van der Waals surface area contributed by atoms with Gasteiger partial charge in [0.25, 0.3) is 0 Å². The summed E-state index contributed by atoms with van der Waals surface area (Å²) in [6, 6.07) is 14.9. The second-order valence-electron chi connectivity index (χ2n) is 7.10. The Labute approximate surface area is 173 Å². The standard InChI is InChI=1S/C22H22N6O2/c1-3-19(28-13-18(14(2)29)17-9-4-5-10-20(17)28)22(30)23-12-15-7-6-8-16(11-15)21-24-26-27-25-21/h4-11,13,19H,3,12H2,1-2H3,(H,23,30)(H,24,25,26,27)/t19-/m0/s1. The lowest BCUT2D eigenvalue weighted by molar-refractivity contribution is -0.124. The smallest absolute Gasteiger partial charge is 0.243 e. The molecule has 2 aromatic heterocycles. The molecule has 0 aliphatic heterocycles. The Morgan fingerprint density at radius 2 is 2.00 bits per heavy atom. The van der Waals surface area contributed by atoms with Crippen molar-refractivity contribution < 1.29 is 9.59 Å². The molecule has 4 rings (SSSR count). The van der Waals surface area contributed by atoms with E-state index < -0.39 is 6.04 Å². The van der Waals surface area contributed by atoms with Crippen molar-refractivity contribution in [2.45, 2.75) is 32.9 Å². The summed E-state index contributed by atoms with van der Waals surface area (Å²) in [6.07, 6.45) is 2.39. The van der Waals surface area contributed by atoms with Crippen molar-refractivity contribution >= 4 is 22.6 Å². The van der Waals surface area contributed by atoms with Crippen LogP contribution < -0.4 is 5.32 Å². The van der Waals surface area contributed by atoms with E-state index in [1.165, 1.54) is 0 Å². The number of hydrogen-bond donors (Lipinski definition) is 2. The van der Waals surface area contributed by atoms with E-state index in [0.717, 1.165) is 22.0 Å². The predicted octanol–water partition coefficient (Wildman–Crippen LogP) is 3.29. The second-order valence-corrected chi connectivity index (χ2v) is 7.10. The van der Waals surface area contributed by atoms with E-state index in [0.29, 0.717) is 24.4 Å². The molecule has 30 heavy (non-hydrogen) atoms. The fourth-order valence-corrected chi connectivity index (χ4v) is 3.66. The average Bonchev–Trinajstić information content (AvgIpc) is 3.42. The van der Waals surface area contributed by atoms with Gasteiger partial charge in [0.05, 0.1) is 0 Å². The molecule has 0 aliphatic carbocycles. The summed E-state index contributed by atoms with van der Waals surface area (Å²) in [6.45, 7) is 3.88. The van der Waals surface area contributed by atoms with Crippen LogP contribution in [0.25, 0.3) is 22.3 Å². The summed E-state index contributed by atoms with van der Waals surface area (Å²) in [5.41, 5.74) is 3.26. The van der Waals surface area contributed by atoms with Crippen LogP contribution in [0.4, 0.5) is 0 Å². The molecule has 4 aromatic rings. The fraction of sp³-hybridized carbons (Fsp3) is 0.227. The van der Waals surface area contributed by atoms with Gasteiger partial charge < -0.3 is 9.88 Å². The molecule has 0 fully saturated rings. The fourth-order valence-electron chi connectivity index (χ4n) is 3.66. The topological polar surface area (TPSA) is 106 Å². The molecule has 0 radical (unpaired) electrons. The van der Waals surface area contributed by atoms with Crippen LogP contribution in [0.2, 0.25) is 0 Å². The van der Waals surface area contributed by atoms with Crippen molar-refractivity contribution in [3.8, 4) is 11.4 Å². The molecule has 8 nitrogen and oxygen atoms in total. The Bertz CT molecular complexity index is 1200. The summed E-state index contributed by atoms with van der Waals surface area (Å²) < 4.78 is 1.90. The van der Waals surface area contributed by atoms with Gasteiger partial charge >= 0.3 is 0 Å². The molecule has 1 atom stereocenters. The molecule has 0 aliphatic rings. The number of Topliss-reactive ketones (excluding diaryl/α,β-unsaturated/α-hetero) is 1. The van der Waals surface area contributed by atoms with Crippen LogP contribution in [0.5, 0.6) is 0 Å². The highest BCUT2D eigenvalue weighted by Gasteiger charge is 2.22. The van der Waals surface area contributed by atoms with Gasteiger partial charge in [-0.3, -0.25) is 9.59 Å². The third-order valence-electron chi connectivity index (χ3n) is 5.14.